The van der Waals surface area contributed by atoms with Gasteiger partial charge in [-0.1, -0.05) is 24.3 Å². The van der Waals surface area contributed by atoms with E-state index in [4.69, 9.17) is 9.47 Å². The van der Waals surface area contributed by atoms with Crippen LogP contribution in [0, 0.1) is 0 Å². The molecule has 1 atom stereocenters. The lowest BCUT2D eigenvalue weighted by molar-refractivity contribution is -0.114. The number of morpholine rings is 1. The van der Waals surface area contributed by atoms with E-state index < -0.39 is 0 Å². The number of hydrogen-bond acceptors (Lipinski definition) is 5. The van der Waals surface area contributed by atoms with Crippen molar-refractivity contribution in [2.75, 3.05) is 52.3 Å². The largest absolute Gasteiger partial charge is 0.497 e. The van der Waals surface area contributed by atoms with Gasteiger partial charge in [-0.15, -0.1) is 24.0 Å². The summed E-state index contributed by atoms with van der Waals surface area (Å²) in [5.74, 6) is 1.49. The lowest BCUT2D eigenvalue weighted by Crippen LogP contribution is -2.46. The first-order valence-corrected chi connectivity index (χ1v) is 10.9. The zero-order valence-corrected chi connectivity index (χ0v) is 21.8. The third-order valence-electron chi connectivity index (χ3n) is 5.38. The Labute approximate surface area is 213 Å². The maximum absolute atomic E-state index is 11.3. The molecule has 8 nitrogen and oxygen atoms in total. The molecular formula is C24H34IN5O3. The minimum atomic E-state index is -0.0831. The Kier molecular flexibility index (Phi) is 11.4. The molecule has 3 N–H and O–H groups in total. The van der Waals surface area contributed by atoms with Gasteiger partial charge in [-0.3, -0.25) is 14.7 Å². The monoisotopic (exact) mass is 567 g/mol. The number of nitrogens with zero attached hydrogens (tertiary/aromatic N) is 2. The van der Waals surface area contributed by atoms with Crippen molar-refractivity contribution in [3.05, 3.63) is 59.7 Å². The van der Waals surface area contributed by atoms with Crippen LogP contribution in [0.4, 0.5) is 5.69 Å². The van der Waals surface area contributed by atoms with E-state index in [0.29, 0.717) is 13.1 Å². The lowest BCUT2D eigenvalue weighted by Gasteiger charge is -2.35. The molecular weight excluding hydrogens is 533 g/mol. The van der Waals surface area contributed by atoms with E-state index in [2.05, 4.69) is 38.0 Å². The quantitative estimate of drug-likeness (QED) is 0.259. The van der Waals surface area contributed by atoms with E-state index in [1.54, 1.807) is 14.2 Å². The third kappa shape index (κ3) is 8.49. The number of carbonyl (C=O) groups is 1. The average Bonchev–Trinajstić information content (AvgIpc) is 2.82. The number of hydrogen-bond donors (Lipinski definition) is 3. The zero-order valence-electron chi connectivity index (χ0n) is 19.5. The summed E-state index contributed by atoms with van der Waals surface area (Å²) in [6, 6.07) is 16.2. The van der Waals surface area contributed by atoms with Crippen molar-refractivity contribution in [1.82, 2.24) is 15.5 Å². The van der Waals surface area contributed by atoms with E-state index in [1.165, 1.54) is 12.5 Å². The molecule has 1 amide bonds. The van der Waals surface area contributed by atoms with Gasteiger partial charge in [0.05, 0.1) is 26.4 Å². The number of anilines is 1. The van der Waals surface area contributed by atoms with Crippen molar-refractivity contribution in [2.45, 2.75) is 19.5 Å². The highest BCUT2D eigenvalue weighted by Gasteiger charge is 2.23. The molecule has 3 rings (SSSR count). The molecule has 2 aromatic rings. The fraction of sp³-hybridized carbons (Fsp3) is 0.417. The Bertz CT molecular complexity index is 901. The predicted molar refractivity (Wildman–Crippen MR) is 142 cm³/mol. The van der Waals surface area contributed by atoms with Crippen LogP contribution in [-0.4, -0.2) is 63.8 Å². The summed E-state index contributed by atoms with van der Waals surface area (Å²) in [7, 11) is 3.44. The number of methoxy groups -OCH3 is 1. The molecule has 0 bridgehead atoms. The summed E-state index contributed by atoms with van der Waals surface area (Å²) in [5.41, 5.74) is 3.06. The van der Waals surface area contributed by atoms with Crippen LogP contribution in [0.2, 0.25) is 0 Å². The van der Waals surface area contributed by atoms with Gasteiger partial charge in [0.25, 0.3) is 0 Å². The lowest BCUT2D eigenvalue weighted by atomic mass is 10.0. The molecule has 0 radical (unpaired) electrons. The van der Waals surface area contributed by atoms with Crippen LogP contribution >= 0.6 is 24.0 Å². The Hall–Kier alpha value is -2.37. The van der Waals surface area contributed by atoms with E-state index in [0.717, 1.165) is 49.3 Å². The number of amides is 1. The highest BCUT2D eigenvalue weighted by atomic mass is 127. The van der Waals surface area contributed by atoms with Gasteiger partial charge >= 0.3 is 0 Å². The van der Waals surface area contributed by atoms with Crippen LogP contribution in [0.15, 0.2) is 53.5 Å². The van der Waals surface area contributed by atoms with Gasteiger partial charge in [0, 0.05) is 45.8 Å². The number of nitrogens with one attached hydrogen (secondary N) is 3. The highest BCUT2D eigenvalue weighted by molar-refractivity contribution is 14.0. The first kappa shape index (κ1) is 26.9. The minimum Gasteiger partial charge on any atom is -0.497 e. The number of benzene rings is 2. The van der Waals surface area contributed by atoms with Gasteiger partial charge in [0.2, 0.25) is 5.91 Å². The highest BCUT2D eigenvalue weighted by Crippen LogP contribution is 2.23. The Morgan fingerprint density at radius 2 is 1.88 bits per heavy atom. The van der Waals surface area contributed by atoms with Crippen molar-refractivity contribution in [3.8, 4) is 5.75 Å². The number of halogens is 1. The second kappa shape index (κ2) is 14.0. The number of ether oxygens (including phenoxy) is 2. The molecule has 1 saturated heterocycles. The second-order valence-electron chi connectivity index (χ2n) is 7.63. The number of carbonyl (C=O) groups excluding carboxylic acids is 1. The molecule has 0 aromatic heterocycles. The van der Waals surface area contributed by atoms with Gasteiger partial charge in [0.15, 0.2) is 5.96 Å². The maximum atomic E-state index is 11.3. The molecule has 1 fully saturated rings. The molecule has 33 heavy (non-hydrogen) atoms. The number of rotatable bonds is 8. The maximum Gasteiger partial charge on any atom is 0.221 e. The van der Waals surface area contributed by atoms with Crippen LogP contribution in [0.3, 0.4) is 0 Å². The summed E-state index contributed by atoms with van der Waals surface area (Å²) in [6.45, 7) is 6.06. The van der Waals surface area contributed by atoms with Crippen LogP contribution < -0.4 is 20.7 Å². The Morgan fingerprint density at radius 3 is 2.52 bits per heavy atom. The third-order valence-corrected chi connectivity index (χ3v) is 5.38. The molecule has 1 unspecified atom stereocenters. The molecule has 1 aliphatic rings. The van der Waals surface area contributed by atoms with Crippen molar-refractivity contribution in [1.29, 1.82) is 0 Å². The molecule has 0 spiro atoms. The minimum absolute atomic E-state index is 0. The van der Waals surface area contributed by atoms with Crippen molar-refractivity contribution in [3.63, 3.8) is 0 Å². The van der Waals surface area contributed by atoms with E-state index in [-0.39, 0.29) is 35.9 Å². The van der Waals surface area contributed by atoms with Gasteiger partial charge in [-0.2, -0.15) is 0 Å². The van der Waals surface area contributed by atoms with E-state index >= 15 is 0 Å². The molecule has 180 valence electrons. The summed E-state index contributed by atoms with van der Waals surface area (Å²) >= 11 is 0. The van der Waals surface area contributed by atoms with Crippen LogP contribution in [0.5, 0.6) is 5.75 Å². The van der Waals surface area contributed by atoms with Crippen LogP contribution in [0.25, 0.3) is 0 Å². The Morgan fingerprint density at radius 1 is 1.15 bits per heavy atom. The van der Waals surface area contributed by atoms with Crippen LogP contribution in [-0.2, 0) is 16.1 Å². The first-order valence-electron chi connectivity index (χ1n) is 10.9. The number of aliphatic imine (C=N–C) groups is 1. The van der Waals surface area contributed by atoms with E-state index in [9.17, 15) is 4.79 Å². The molecule has 1 heterocycles. The van der Waals surface area contributed by atoms with Gasteiger partial charge in [-0.25, -0.2) is 0 Å². The van der Waals surface area contributed by atoms with Gasteiger partial charge < -0.3 is 25.4 Å². The molecule has 1 aliphatic heterocycles. The fourth-order valence-electron chi connectivity index (χ4n) is 3.74. The smallest absolute Gasteiger partial charge is 0.221 e. The molecule has 9 heteroatoms. The predicted octanol–water partition coefficient (Wildman–Crippen LogP) is 3.01. The van der Waals surface area contributed by atoms with Gasteiger partial charge in [0.1, 0.15) is 5.75 Å². The molecule has 2 aromatic carbocycles. The standard InChI is InChI=1S/C24H33N5O3.HI/c1-18(30)28-21-6-4-5-19(15-21)16-26-24(25-2)27-17-23(29-11-13-32-14-12-29)20-7-9-22(31-3)10-8-20;/h4-10,15,23H,11-14,16-17H2,1-3H3,(H,28,30)(H2,25,26,27);1H. The van der Waals surface area contributed by atoms with Gasteiger partial charge in [-0.05, 0) is 35.4 Å². The summed E-state index contributed by atoms with van der Waals surface area (Å²) in [4.78, 5) is 18.1. The first-order chi connectivity index (χ1) is 15.6. The van der Waals surface area contributed by atoms with Crippen LogP contribution in [0.1, 0.15) is 24.1 Å². The van der Waals surface area contributed by atoms with Crippen molar-refractivity contribution in [2.24, 2.45) is 4.99 Å². The average molecular weight is 567 g/mol. The zero-order chi connectivity index (χ0) is 22.8. The fourth-order valence-corrected chi connectivity index (χ4v) is 3.74. The van der Waals surface area contributed by atoms with Crippen molar-refractivity contribution < 1.29 is 14.3 Å². The SMILES string of the molecule is CN=C(NCc1cccc(NC(C)=O)c1)NCC(c1ccc(OC)cc1)N1CCOCC1.I. The normalized spacial score (nSPS) is 15.2. The van der Waals surface area contributed by atoms with E-state index in [1.807, 2.05) is 36.4 Å². The Balaban J connectivity index is 0.00000385. The topological polar surface area (TPSA) is 87.2 Å². The molecule has 0 aliphatic carbocycles. The summed E-state index contributed by atoms with van der Waals surface area (Å²) in [5, 5.41) is 9.64. The summed E-state index contributed by atoms with van der Waals surface area (Å²) in [6.07, 6.45) is 0. The summed E-state index contributed by atoms with van der Waals surface area (Å²) < 4.78 is 10.9. The second-order valence-corrected chi connectivity index (χ2v) is 7.63. The number of guanidine groups is 1. The van der Waals surface area contributed by atoms with Crippen molar-refractivity contribution >= 4 is 41.5 Å². The molecule has 0 saturated carbocycles.